The number of benzene rings is 2. The Labute approximate surface area is 167 Å². The Morgan fingerprint density at radius 3 is 2.28 bits per heavy atom. The monoisotopic (exact) mass is 430 g/mol. The molecule has 29 heavy (non-hydrogen) atoms. The number of ether oxygens (including phenoxy) is 1. The van der Waals surface area contributed by atoms with E-state index in [4.69, 9.17) is 4.74 Å². The molecule has 0 unspecified atom stereocenters. The van der Waals surface area contributed by atoms with Crippen LogP contribution in [0.25, 0.3) is 0 Å². The molecule has 0 fully saturated rings. The van der Waals surface area contributed by atoms with E-state index in [2.05, 4.69) is 5.32 Å². The smallest absolute Gasteiger partial charge is 0.416 e. The molecule has 6 nitrogen and oxygen atoms in total. The zero-order valence-corrected chi connectivity index (χ0v) is 16.9. The van der Waals surface area contributed by atoms with Gasteiger partial charge in [0, 0.05) is 12.7 Å². The van der Waals surface area contributed by atoms with Crippen LogP contribution in [0.3, 0.4) is 0 Å². The lowest BCUT2D eigenvalue weighted by molar-refractivity contribution is -0.137. The maximum absolute atomic E-state index is 12.7. The highest BCUT2D eigenvalue weighted by atomic mass is 32.2. The molecule has 2 aromatic carbocycles. The Balaban J connectivity index is 2.07. The maximum Gasteiger partial charge on any atom is 0.416 e. The summed E-state index contributed by atoms with van der Waals surface area (Å²) in [5.74, 6) is -0.118. The first-order chi connectivity index (χ1) is 13.4. The van der Waals surface area contributed by atoms with Gasteiger partial charge in [0.2, 0.25) is 15.9 Å². The van der Waals surface area contributed by atoms with E-state index in [1.807, 2.05) is 6.92 Å². The highest BCUT2D eigenvalue weighted by Crippen LogP contribution is 2.30. The second kappa shape index (κ2) is 8.83. The Kier molecular flexibility index (Phi) is 6.91. The lowest BCUT2D eigenvalue weighted by Gasteiger charge is -2.18. The molecule has 0 radical (unpaired) electrons. The van der Waals surface area contributed by atoms with Gasteiger partial charge in [0.25, 0.3) is 0 Å². The first-order valence-corrected chi connectivity index (χ1v) is 10.1. The summed E-state index contributed by atoms with van der Waals surface area (Å²) >= 11 is 0. The van der Waals surface area contributed by atoms with Gasteiger partial charge >= 0.3 is 6.18 Å². The van der Waals surface area contributed by atoms with Gasteiger partial charge in [0.15, 0.2) is 0 Å². The molecular formula is C19H21F3N2O4S. The van der Waals surface area contributed by atoms with Crippen LogP contribution in [0.15, 0.2) is 47.4 Å². The van der Waals surface area contributed by atoms with E-state index < -0.39 is 34.2 Å². The number of hydrogen-bond acceptors (Lipinski definition) is 4. The van der Waals surface area contributed by atoms with E-state index >= 15 is 0 Å². The van der Waals surface area contributed by atoms with Crippen LogP contribution in [0.5, 0.6) is 5.75 Å². The predicted octanol–water partition coefficient (Wildman–Crippen LogP) is 3.67. The number of aryl methyl sites for hydroxylation is 1. The molecule has 0 saturated carbocycles. The fourth-order valence-electron chi connectivity index (χ4n) is 2.51. The van der Waals surface area contributed by atoms with Crippen molar-refractivity contribution >= 4 is 21.6 Å². The molecule has 0 aliphatic heterocycles. The third-order valence-electron chi connectivity index (χ3n) is 4.02. The molecule has 0 spiro atoms. The number of carbonyl (C=O) groups excluding carboxylic acids is 1. The van der Waals surface area contributed by atoms with E-state index in [1.165, 1.54) is 19.2 Å². The summed E-state index contributed by atoms with van der Waals surface area (Å²) in [5, 5.41) is 2.38. The first-order valence-electron chi connectivity index (χ1n) is 8.62. The van der Waals surface area contributed by atoms with Crippen molar-refractivity contribution in [2.45, 2.75) is 24.9 Å². The van der Waals surface area contributed by atoms with Crippen LogP contribution in [0.1, 0.15) is 18.1 Å². The average Bonchev–Trinajstić information content (AvgIpc) is 2.63. The van der Waals surface area contributed by atoms with Gasteiger partial charge in [0.05, 0.1) is 23.6 Å². The minimum atomic E-state index is -4.48. The van der Waals surface area contributed by atoms with Crippen LogP contribution in [0.2, 0.25) is 0 Å². The van der Waals surface area contributed by atoms with Crippen LogP contribution in [0, 0.1) is 6.92 Å². The van der Waals surface area contributed by atoms with Crippen molar-refractivity contribution in [2.24, 2.45) is 0 Å². The van der Waals surface area contributed by atoms with Crippen LogP contribution in [0.4, 0.5) is 18.9 Å². The van der Waals surface area contributed by atoms with Crippen LogP contribution >= 0.6 is 0 Å². The summed E-state index contributed by atoms with van der Waals surface area (Å²) in [5.41, 5.74) is -0.0812. The highest BCUT2D eigenvalue weighted by molar-refractivity contribution is 7.89. The van der Waals surface area contributed by atoms with E-state index in [0.717, 1.165) is 28.6 Å². The summed E-state index contributed by atoms with van der Waals surface area (Å²) in [6.45, 7) is 3.46. The van der Waals surface area contributed by atoms with E-state index in [0.29, 0.717) is 17.9 Å². The minimum absolute atomic E-state index is 0.00304. The Morgan fingerprint density at radius 2 is 1.76 bits per heavy atom. The van der Waals surface area contributed by atoms with Crippen molar-refractivity contribution in [1.82, 2.24) is 4.31 Å². The Morgan fingerprint density at radius 1 is 1.14 bits per heavy atom. The number of rotatable bonds is 7. The number of hydrogen-bond donors (Lipinski definition) is 1. The van der Waals surface area contributed by atoms with E-state index in [-0.39, 0.29) is 10.6 Å². The second-order valence-corrected chi connectivity index (χ2v) is 8.29. The summed E-state index contributed by atoms with van der Waals surface area (Å²) in [7, 11) is -2.69. The minimum Gasteiger partial charge on any atom is -0.494 e. The SMILES string of the molecule is CCOc1ccc(S(=O)(=O)N(C)CC(=O)Nc2ccc(C(F)(F)F)cc2)cc1C. The lowest BCUT2D eigenvalue weighted by Crippen LogP contribution is -2.35. The topological polar surface area (TPSA) is 75.7 Å². The van der Waals surface area contributed by atoms with Crippen molar-refractivity contribution in [3.05, 3.63) is 53.6 Å². The molecule has 10 heteroatoms. The third kappa shape index (κ3) is 5.70. The van der Waals surface area contributed by atoms with Crippen LogP contribution in [-0.2, 0) is 21.0 Å². The molecule has 0 aliphatic rings. The maximum atomic E-state index is 12.7. The fraction of sp³-hybridized carbons (Fsp3) is 0.316. The number of carbonyl (C=O) groups is 1. The number of likely N-dealkylation sites (N-methyl/N-ethyl adjacent to an activating group) is 1. The zero-order valence-electron chi connectivity index (χ0n) is 16.1. The van der Waals surface area contributed by atoms with Crippen molar-refractivity contribution in [2.75, 3.05) is 25.5 Å². The van der Waals surface area contributed by atoms with Crippen LogP contribution in [-0.4, -0.2) is 38.8 Å². The predicted molar refractivity (Wildman–Crippen MR) is 102 cm³/mol. The van der Waals surface area contributed by atoms with Gasteiger partial charge in [-0.25, -0.2) is 8.42 Å². The molecule has 1 amide bonds. The highest BCUT2D eigenvalue weighted by Gasteiger charge is 2.30. The van der Waals surface area contributed by atoms with Crippen molar-refractivity contribution in [1.29, 1.82) is 0 Å². The van der Waals surface area contributed by atoms with Gasteiger partial charge in [-0.2, -0.15) is 17.5 Å². The van der Waals surface area contributed by atoms with Gasteiger partial charge < -0.3 is 10.1 Å². The third-order valence-corrected chi connectivity index (χ3v) is 5.82. The molecule has 0 saturated heterocycles. The summed E-state index contributed by atoms with van der Waals surface area (Å²) < 4.78 is 69.3. The normalized spacial score (nSPS) is 12.1. The Bertz CT molecular complexity index is 974. The van der Waals surface area contributed by atoms with Crippen molar-refractivity contribution < 1.29 is 31.1 Å². The largest absolute Gasteiger partial charge is 0.494 e. The number of nitrogens with zero attached hydrogens (tertiary/aromatic N) is 1. The molecular weight excluding hydrogens is 409 g/mol. The molecule has 0 aliphatic carbocycles. The van der Waals surface area contributed by atoms with Gasteiger partial charge in [-0.05, 0) is 61.9 Å². The molecule has 0 heterocycles. The second-order valence-electron chi connectivity index (χ2n) is 6.24. The number of nitrogens with one attached hydrogen (secondary N) is 1. The summed E-state index contributed by atoms with van der Waals surface area (Å²) in [6.07, 6.45) is -4.48. The number of halogens is 3. The molecule has 158 valence electrons. The molecule has 2 aromatic rings. The van der Waals surface area contributed by atoms with Gasteiger partial charge in [-0.15, -0.1) is 0 Å². The lowest BCUT2D eigenvalue weighted by atomic mass is 10.2. The molecule has 0 bridgehead atoms. The van der Waals surface area contributed by atoms with Crippen molar-refractivity contribution in [3.63, 3.8) is 0 Å². The van der Waals surface area contributed by atoms with Gasteiger partial charge in [-0.1, -0.05) is 0 Å². The molecule has 2 rings (SSSR count). The quantitative estimate of drug-likeness (QED) is 0.727. The van der Waals surface area contributed by atoms with E-state index in [9.17, 15) is 26.4 Å². The fourth-order valence-corrected chi connectivity index (χ4v) is 3.72. The van der Waals surface area contributed by atoms with Crippen molar-refractivity contribution in [3.8, 4) is 5.75 Å². The number of sulfonamides is 1. The van der Waals surface area contributed by atoms with Crippen LogP contribution < -0.4 is 10.1 Å². The number of amides is 1. The Hall–Kier alpha value is -2.59. The first kappa shape index (κ1) is 22.7. The molecule has 1 N–H and O–H groups in total. The van der Waals surface area contributed by atoms with E-state index in [1.54, 1.807) is 13.0 Å². The average molecular weight is 430 g/mol. The molecule has 0 atom stereocenters. The standard InChI is InChI=1S/C19H21F3N2O4S/c1-4-28-17-10-9-16(11-13(17)2)29(26,27)24(3)12-18(25)23-15-7-5-14(6-8-15)19(20,21)22/h5-11H,4,12H2,1-3H3,(H,23,25). The van der Waals surface area contributed by atoms with Gasteiger partial charge in [-0.3, -0.25) is 4.79 Å². The number of anilines is 1. The number of alkyl halides is 3. The summed E-state index contributed by atoms with van der Waals surface area (Å²) in [6, 6.07) is 8.25. The summed E-state index contributed by atoms with van der Waals surface area (Å²) in [4.78, 5) is 12.1. The zero-order chi connectivity index (χ0) is 21.8. The molecule has 0 aromatic heterocycles. The van der Waals surface area contributed by atoms with Gasteiger partial charge in [0.1, 0.15) is 5.75 Å².